The minimum atomic E-state index is -1.16. The van der Waals surface area contributed by atoms with Crippen LogP contribution in [0.4, 0.5) is 9.59 Å². The third kappa shape index (κ3) is 6.39. The van der Waals surface area contributed by atoms with Gasteiger partial charge < -0.3 is 23.7 Å². The SMILES string of the molecule is CC(C)(C)OC(=O)N1C(=O)C(C2=COc3ccccc3O2)=C(c2cn(C(=O)OC(C)(C)C)c3cc(OCc4ccccc4)ccc23)C1=O. The van der Waals surface area contributed by atoms with Crippen LogP contribution in [0.15, 0.2) is 96.6 Å². The lowest BCUT2D eigenvalue weighted by atomic mass is 9.99. The number of ether oxygens (including phenoxy) is 5. The van der Waals surface area contributed by atoms with Crippen LogP contribution in [0, 0.1) is 0 Å². The molecule has 2 aliphatic rings. The van der Waals surface area contributed by atoms with Gasteiger partial charge in [-0.25, -0.2) is 9.59 Å². The number of carbonyl (C=O) groups is 4. The van der Waals surface area contributed by atoms with E-state index in [9.17, 15) is 19.2 Å². The summed E-state index contributed by atoms with van der Waals surface area (Å²) in [5.74, 6) is -0.890. The van der Waals surface area contributed by atoms with E-state index in [-0.39, 0.29) is 29.1 Å². The summed E-state index contributed by atoms with van der Waals surface area (Å²) in [7, 11) is 0. The number of rotatable bonds is 5. The van der Waals surface area contributed by atoms with Crippen molar-refractivity contribution in [1.82, 2.24) is 9.47 Å². The Balaban J connectivity index is 1.51. The highest BCUT2D eigenvalue weighted by atomic mass is 16.6. The number of nitrogens with zero attached hydrogens (tertiary/aromatic N) is 2. The van der Waals surface area contributed by atoms with E-state index in [1.807, 2.05) is 30.3 Å². The first-order valence-corrected chi connectivity index (χ1v) is 15.3. The summed E-state index contributed by atoms with van der Waals surface area (Å²) in [6.45, 7) is 10.3. The van der Waals surface area contributed by atoms with Gasteiger partial charge in [0, 0.05) is 23.2 Å². The largest absolute Gasteiger partial charge is 0.489 e. The molecular weight excluding hydrogens is 616 g/mol. The van der Waals surface area contributed by atoms with Crippen molar-refractivity contribution in [2.75, 3.05) is 0 Å². The van der Waals surface area contributed by atoms with Crippen LogP contribution in [0.25, 0.3) is 16.5 Å². The Labute approximate surface area is 276 Å². The van der Waals surface area contributed by atoms with Gasteiger partial charge in [-0.05, 0) is 71.4 Å². The van der Waals surface area contributed by atoms with Gasteiger partial charge >= 0.3 is 12.2 Å². The number of benzene rings is 3. The molecule has 0 saturated carbocycles. The Kier molecular flexibility index (Phi) is 8.08. The highest BCUT2D eigenvalue weighted by Crippen LogP contribution is 2.42. The maximum atomic E-state index is 14.2. The minimum absolute atomic E-state index is 0.103. The standard InChI is InChI=1S/C37H34N2O9/c1-36(2,3)47-34(42)38-19-25(24-17-16-23(18-26(24)38)44-20-22-12-8-7-9-13-22)30-31(29-21-45-27-14-10-11-15-28(27)46-29)33(41)39(32(30)40)35(43)48-37(4,5)6/h7-19,21H,20H2,1-6H3. The molecule has 6 rings (SSSR count). The molecule has 0 spiro atoms. The molecule has 0 N–H and O–H groups in total. The van der Waals surface area contributed by atoms with Gasteiger partial charge in [0.1, 0.15) is 29.8 Å². The summed E-state index contributed by atoms with van der Waals surface area (Å²) in [6, 6.07) is 21.4. The summed E-state index contributed by atoms with van der Waals surface area (Å²) in [6.07, 6.45) is 0.712. The summed E-state index contributed by atoms with van der Waals surface area (Å²) < 4.78 is 30.2. The van der Waals surface area contributed by atoms with Gasteiger partial charge in [-0.15, -0.1) is 0 Å². The topological polar surface area (TPSA) is 123 Å². The first-order valence-electron chi connectivity index (χ1n) is 15.3. The molecule has 0 bridgehead atoms. The molecule has 4 aromatic rings. The fraction of sp³-hybridized carbons (Fsp3) is 0.243. The quantitative estimate of drug-likeness (QED) is 0.204. The van der Waals surface area contributed by atoms with E-state index in [0.717, 1.165) is 5.56 Å². The van der Waals surface area contributed by atoms with E-state index in [0.29, 0.717) is 33.1 Å². The van der Waals surface area contributed by atoms with Gasteiger partial charge in [0.25, 0.3) is 11.8 Å². The normalized spacial score (nSPS) is 14.7. The number of imide groups is 3. The summed E-state index contributed by atoms with van der Waals surface area (Å²) in [5, 5.41) is 0.408. The van der Waals surface area contributed by atoms with Gasteiger partial charge in [-0.2, -0.15) is 4.90 Å². The van der Waals surface area contributed by atoms with E-state index < -0.39 is 35.2 Å². The molecule has 11 nitrogen and oxygen atoms in total. The van der Waals surface area contributed by atoms with E-state index in [1.165, 1.54) is 17.0 Å². The average molecular weight is 651 g/mol. The third-order valence-corrected chi connectivity index (χ3v) is 7.15. The zero-order chi connectivity index (χ0) is 34.4. The molecule has 0 fully saturated rings. The molecule has 0 saturated heterocycles. The van der Waals surface area contributed by atoms with Crippen molar-refractivity contribution >= 4 is 40.5 Å². The fourth-order valence-electron chi connectivity index (χ4n) is 5.18. The van der Waals surface area contributed by atoms with E-state index in [1.54, 1.807) is 84.0 Å². The molecule has 3 heterocycles. The number of hydrogen-bond acceptors (Lipinski definition) is 9. The van der Waals surface area contributed by atoms with Crippen LogP contribution in [0.1, 0.15) is 52.7 Å². The van der Waals surface area contributed by atoms with Gasteiger partial charge in [0.15, 0.2) is 17.3 Å². The predicted molar refractivity (Wildman–Crippen MR) is 175 cm³/mol. The lowest BCUT2D eigenvalue weighted by molar-refractivity contribution is -0.135. The molecule has 0 unspecified atom stereocenters. The Morgan fingerprint density at radius 2 is 1.38 bits per heavy atom. The first kappa shape index (κ1) is 32.1. The Hall–Kier alpha value is -5.84. The molecule has 3 aromatic carbocycles. The van der Waals surface area contributed by atoms with Gasteiger partial charge in [-0.1, -0.05) is 42.5 Å². The zero-order valence-corrected chi connectivity index (χ0v) is 27.4. The van der Waals surface area contributed by atoms with Crippen molar-refractivity contribution in [2.24, 2.45) is 0 Å². The number of hydrogen-bond donors (Lipinski definition) is 0. The molecule has 0 atom stereocenters. The van der Waals surface area contributed by atoms with Crippen molar-refractivity contribution < 1.29 is 42.9 Å². The molecule has 0 aliphatic carbocycles. The van der Waals surface area contributed by atoms with Crippen LogP contribution in [0.2, 0.25) is 0 Å². The van der Waals surface area contributed by atoms with Crippen LogP contribution in [0.5, 0.6) is 17.2 Å². The maximum Gasteiger partial charge on any atom is 0.424 e. The van der Waals surface area contributed by atoms with Crippen molar-refractivity contribution in [3.8, 4) is 17.2 Å². The van der Waals surface area contributed by atoms with Crippen LogP contribution in [-0.4, -0.2) is 44.7 Å². The van der Waals surface area contributed by atoms with E-state index in [4.69, 9.17) is 23.7 Å². The lowest BCUT2D eigenvalue weighted by Gasteiger charge is -2.23. The van der Waals surface area contributed by atoms with Gasteiger partial charge in [0.2, 0.25) is 0 Å². The van der Waals surface area contributed by atoms with Crippen molar-refractivity contribution in [3.63, 3.8) is 0 Å². The van der Waals surface area contributed by atoms with Gasteiger partial charge in [0.05, 0.1) is 16.7 Å². The van der Waals surface area contributed by atoms with Crippen LogP contribution in [0.3, 0.4) is 0 Å². The first-order chi connectivity index (χ1) is 22.7. The Morgan fingerprint density at radius 3 is 2.06 bits per heavy atom. The van der Waals surface area contributed by atoms with Crippen LogP contribution >= 0.6 is 0 Å². The van der Waals surface area contributed by atoms with Crippen LogP contribution in [-0.2, 0) is 25.7 Å². The lowest BCUT2D eigenvalue weighted by Crippen LogP contribution is -2.41. The number of aromatic nitrogens is 1. The zero-order valence-electron chi connectivity index (χ0n) is 27.4. The second-order valence-electron chi connectivity index (χ2n) is 13.2. The van der Waals surface area contributed by atoms with Crippen LogP contribution < -0.4 is 14.2 Å². The monoisotopic (exact) mass is 650 g/mol. The number of fused-ring (bicyclic) bond motifs is 2. The molecule has 48 heavy (non-hydrogen) atoms. The number of para-hydroxylation sites is 2. The highest BCUT2D eigenvalue weighted by molar-refractivity contribution is 6.42. The molecule has 246 valence electrons. The van der Waals surface area contributed by atoms with Crippen molar-refractivity contribution in [2.45, 2.75) is 59.4 Å². The highest BCUT2D eigenvalue weighted by Gasteiger charge is 2.48. The second kappa shape index (κ2) is 12.1. The molecular formula is C37H34N2O9. The number of amides is 3. The second-order valence-corrected chi connectivity index (χ2v) is 13.2. The van der Waals surface area contributed by atoms with Crippen molar-refractivity contribution in [3.05, 3.63) is 108 Å². The summed E-state index contributed by atoms with van der Waals surface area (Å²) >= 11 is 0. The molecule has 1 aromatic heterocycles. The Bertz CT molecular complexity index is 2020. The summed E-state index contributed by atoms with van der Waals surface area (Å²) in [4.78, 5) is 55.5. The predicted octanol–water partition coefficient (Wildman–Crippen LogP) is 7.37. The Morgan fingerprint density at radius 1 is 0.750 bits per heavy atom. The smallest absolute Gasteiger partial charge is 0.424 e. The van der Waals surface area contributed by atoms with Gasteiger partial charge in [-0.3, -0.25) is 14.2 Å². The molecule has 2 aliphatic heterocycles. The van der Waals surface area contributed by atoms with E-state index in [2.05, 4.69) is 0 Å². The summed E-state index contributed by atoms with van der Waals surface area (Å²) in [5.41, 5.74) is -0.832. The number of carbonyl (C=O) groups excluding carboxylic acids is 4. The average Bonchev–Trinajstić information content (AvgIpc) is 3.52. The fourth-order valence-corrected chi connectivity index (χ4v) is 5.18. The minimum Gasteiger partial charge on any atom is -0.489 e. The van der Waals surface area contributed by atoms with E-state index >= 15 is 0 Å². The maximum absolute atomic E-state index is 14.2. The molecule has 3 amide bonds. The molecule has 11 heteroatoms. The molecule has 0 radical (unpaired) electrons. The van der Waals surface area contributed by atoms with Crippen molar-refractivity contribution in [1.29, 1.82) is 0 Å². The third-order valence-electron chi connectivity index (χ3n) is 7.15.